The predicted molar refractivity (Wildman–Crippen MR) is 86.9 cm³/mol. The standard InChI is InChI=1S/C18H22N2O2/c1-12(2)16-9-14(13-5-3-4-6-15(13)20-16)17(22)19-10-18(11-21)7-8-18/h3-6,9,12,21H,7-8,10-11H2,1-2H3,(H,19,22). The fourth-order valence-corrected chi connectivity index (χ4v) is 2.61. The number of hydrogen-bond donors (Lipinski definition) is 2. The van der Waals surface area contributed by atoms with Crippen LogP contribution in [0.5, 0.6) is 0 Å². The highest BCUT2D eigenvalue weighted by molar-refractivity contribution is 6.06. The van der Waals surface area contributed by atoms with E-state index in [-0.39, 0.29) is 23.8 Å². The maximum atomic E-state index is 12.6. The first-order valence-electron chi connectivity index (χ1n) is 7.83. The zero-order valence-corrected chi connectivity index (χ0v) is 13.1. The Morgan fingerprint density at radius 1 is 1.36 bits per heavy atom. The van der Waals surface area contributed by atoms with Gasteiger partial charge in [-0.3, -0.25) is 9.78 Å². The summed E-state index contributed by atoms with van der Waals surface area (Å²) in [5.74, 6) is 0.184. The van der Waals surface area contributed by atoms with Crippen molar-refractivity contribution in [3.63, 3.8) is 0 Å². The first-order valence-corrected chi connectivity index (χ1v) is 7.83. The van der Waals surface area contributed by atoms with E-state index in [9.17, 15) is 9.90 Å². The van der Waals surface area contributed by atoms with Crippen molar-refractivity contribution in [2.75, 3.05) is 13.2 Å². The lowest BCUT2D eigenvalue weighted by Crippen LogP contribution is -2.32. The van der Waals surface area contributed by atoms with Gasteiger partial charge in [0.2, 0.25) is 0 Å². The Bertz CT molecular complexity index is 705. The van der Waals surface area contributed by atoms with Gasteiger partial charge in [0.05, 0.1) is 17.7 Å². The molecule has 1 fully saturated rings. The molecule has 4 heteroatoms. The third-order valence-corrected chi connectivity index (χ3v) is 4.49. The summed E-state index contributed by atoms with van der Waals surface area (Å²) in [5, 5.41) is 13.2. The summed E-state index contributed by atoms with van der Waals surface area (Å²) in [6.45, 7) is 4.82. The minimum absolute atomic E-state index is 0.0831. The van der Waals surface area contributed by atoms with Gasteiger partial charge in [-0.1, -0.05) is 32.0 Å². The number of aliphatic hydroxyl groups excluding tert-OH is 1. The van der Waals surface area contributed by atoms with Crippen LogP contribution in [0.15, 0.2) is 30.3 Å². The minimum Gasteiger partial charge on any atom is -0.396 e. The van der Waals surface area contributed by atoms with Crippen LogP contribution in [0.1, 0.15) is 48.7 Å². The predicted octanol–water partition coefficient (Wildman–Crippen LogP) is 2.86. The molecule has 4 nitrogen and oxygen atoms in total. The Labute approximate surface area is 130 Å². The number of amides is 1. The van der Waals surface area contributed by atoms with Crippen LogP contribution in [0.2, 0.25) is 0 Å². The Morgan fingerprint density at radius 2 is 2.09 bits per heavy atom. The van der Waals surface area contributed by atoms with Gasteiger partial charge < -0.3 is 10.4 Å². The van der Waals surface area contributed by atoms with E-state index < -0.39 is 0 Å². The average molecular weight is 298 g/mol. The second kappa shape index (κ2) is 5.69. The summed E-state index contributed by atoms with van der Waals surface area (Å²) in [6.07, 6.45) is 1.97. The molecule has 0 spiro atoms. The normalized spacial score (nSPS) is 16.0. The molecule has 2 aromatic rings. The van der Waals surface area contributed by atoms with Gasteiger partial charge in [-0.05, 0) is 30.9 Å². The Kier molecular flexibility index (Phi) is 3.87. The highest BCUT2D eigenvalue weighted by atomic mass is 16.3. The molecule has 3 rings (SSSR count). The lowest BCUT2D eigenvalue weighted by Gasteiger charge is -2.15. The number of hydrogen-bond acceptors (Lipinski definition) is 3. The monoisotopic (exact) mass is 298 g/mol. The third kappa shape index (κ3) is 2.83. The Morgan fingerprint density at radius 3 is 2.73 bits per heavy atom. The van der Waals surface area contributed by atoms with Gasteiger partial charge in [0.15, 0.2) is 0 Å². The molecule has 2 N–H and O–H groups in total. The number of pyridine rings is 1. The number of rotatable bonds is 5. The van der Waals surface area contributed by atoms with Gasteiger partial charge in [0, 0.05) is 23.0 Å². The molecular formula is C18H22N2O2. The van der Waals surface area contributed by atoms with Crippen molar-refractivity contribution in [1.29, 1.82) is 0 Å². The van der Waals surface area contributed by atoms with Crippen LogP contribution in [0.3, 0.4) is 0 Å². The van der Waals surface area contributed by atoms with Crippen molar-refractivity contribution in [2.24, 2.45) is 5.41 Å². The smallest absolute Gasteiger partial charge is 0.252 e. The highest BCUT2D eigenvalue weighted by Gasteiger charge is 2.42. The Balaban J connectivity index is 1.92. The van der Waals surface area contributed by atoms with E-state index >= 15 is 0 Å². The number of aromatic nitrogens is 1. The average Bonchev–Trinajstić information content (AvgIpc) is 3.32. The van der Waals surface area contributed by atoms with Crippen molar-refractivity contribution < 1.29 is 9.90 Å². The van der Waals surface area contributed by atoms with Gasteiger partial charge in [0.1, 0.15) is 0 Å². The highest BCUT2D eigenvalue weighted by Crippen LogP contribution is 2.44. The quantitative estimate of drug-likeness (QED) is 0.892. The SMILES string of the molecule is CC(C)c1cc(C(=O)NCC2(CO)CC2)c2ccccc2n1. The molecule has 1 aliphatic rings. The van der Waals surface area contributed by atoms with E-state index in [0.29, 0.717) is 12.1 Å². The van der Waals surface area contributed by atoms with Crippen LogP contribution < -0.4 is 5.32 Å². The lowest BCUT2D eigenvalue weighted by molar-refractivity contribution is 0.0936. The fraction of sp³-hybridized carbons (Fsp3) is 0.444. The minimum atomic E-state index is -0.0840. The third-order valence-electron chi connectivity index (χ3n) is 4.49. The number of nitrogens with zero attached hydrogens (tertiary/aromatic N) is 1. The number of carbonyl (C=O) groups excluding carboxylic acids is 1. The van der Waals surface area contributed by atoms with E-state index in [2.05, 4.69) is 24.1 Å². The molecule has 1 amide bonds. The fourth-order valence-electron chi connectivity index (χ4n) is 2.61. The van der Waals surface area contributed by atoms with Crippen LogP contribution in [0.4, 0.5) is 0 Å². The summed E-state index contributed by atoms with van der Waals surface area (Å²) >= 11 is 0. The number of carbonyl (C=O) groups is 1. The van der Waals surface area contributed by atoms with Gasteiger partial charge in [-0.15, -0.1) is 0 Å². The largest absolute Gasteiger partial charge is 0.396 e. The molecule has 1 aromatic heterocycles. The van der Waals surface area contributed by atoms with Crippen molar-refractivity contribution in [3.8, 4) is 0 Å². The van der Waals surface area contributed by atoms with Gasteiger partial charge in [0.25, 0.3) is 5.91 Å². The zero-order valence-electron chi connectivity index (χ0n) is 13.1. The van der Waals surface area contributed by atoms with E-state index in [4.69, 9.17) is 0 Å². The molecule has 1 heterocycles. The number of para-hydroxylation sites is 1. The zero-order chi connectivity index (χ0) is 15.7. The van der Waals surface area contributed by atoms with Crippen LogP contribution in [-0.4, -0.2) is 29.1 Å². The molecule has 22 heavy (non-hydrogen) atoms. The lowest BCUT2D eigenvalue weighted by atomic mass is 10.0. The maximum Gasteiger partial charge on any atom is 0.252 e. The van der Waals surface area contributed by atoms with Crippen LogP contribution in [0.25, 0.3) is 10.9 Å². The first kappa shape index (κ1) is 15.0. The first-order chi connectivity index (χ1) is 10.5. The second-order valence-corrected chi connectivity index (χ2v) is 6.61. The Hall–Kier alpha value is -1.94. The summed E-state index contributed by atoms with van der Waals surface area (Å²) in [6, 6.07) is 9.62. The molecular weight excluding hydrogens is 276 g/mol. The maximum absolute atomic E-state index is 12.6. The van der Waals surface area contributed by atoms with E-state index in [1.54, 1.807) is 0 Å². The summed E-state index contributed by atoms with van der Waals surface area (Å²) in [4.78, 5) is 17.2. The summed E-state index contributed by atoms with van der Waals surface area (Å²) in [7, 11) is 0. The number of nitrogens with one attached hydrogen (secondary N) is 1. The number of benzene rings is 1. The number of fused-ring (bicyclic) bond motifs is 1. The second-order valence-electron chi connectivity index (χ2n) is 6.61. The summed E-state index contributed by atoms with van der Waals surface area (Å²) < 4.78 is 0. The van der Waals surface area contributed by atoms with Crippen molar-refractivity contribution in [1.82, 2.24) is 10.3 Å². The molecule has 0 atom stereocenters. The topological polar surface area (TPSA) is 62.2 Å². The number of aliphatic hydroxyl groups is 1. The van der Waals surface area contributed by atoms with E-state index in [0.717, 1.165) is 29.4 Å². The van der Waals surface area contributed by atoms with Crippen LogP contribution >= 0.6 is 0 Å². The molecule has 0 radical (unpaired) electrons. The van der Waals surface area contributed by atoms with Crippen LogP contribution in [0, 0.1) is 5.41 Å². The molecule has 1 aliphatic carbocycles. The molecule has 1 saturated carbocycles. The molecule has 1 aromatic carbocycles. The van der Waals surface area contributed by atoms with Crippen molar-refractivity contribution >= 4 is 16.8 Å². The van der Waals surface area contributed by atoms with Gasteiger partial charge in [-0.25, -0.2) is 0 Å². The molecule has 0 saturated heterocycles. The van der Waals surface area contributed by atoms with E-state index in [1.165, 1.54) is 0 Å². The molecule has 0 unspecified atom stereocenters. The van der Waals surface area contributed by atoms with E-state index in [1.807, 2.05) is 30.3 Å². The van der Waals surface area contributed by atoms with Crippen molar-refractivity contribution in [2.45, 2.75) is 32.6 Å². The molecule has 116 valence electrons. The van der Waals surface area contributed by atoms with Crippen molar-refractivity contribution in [3.05, 3.63) is 41.6 Å². The van der Waals surface area contributed by atoms with Gasteiger partial charge >= 0.3 is 0 Å². The molecule has 0 bridgehead atoms. The summed E-state index contributed by atoms with van der Waals surface area (Å²) in [5.41, 5.74) is 2.36. The van der Waals surface area contributed by atoms with Crippen LogP contribution in [-0.2, 0) is 0 Å². The van der Waals surface area contributed by atoms with Gasteiger partial charge in [-0.2, -0.15) is 0 Å². The molecule has 0 aliphatic heterocycles.